The molecule has 4 heterocycles. The number of fused-ring (bicyclic) bond motifs is 1. The summed E-state index contributed by atoms with van der Waals surface area (Å²) in [6, 6.07) is 9.68. The number of benzene rings is 1. The maximum absolute atomic E-state index is 13.1. The number of carbonyl (C=O) groups excluding carboxylic acids is 1. The molecule has 1 N–H and O–H groups in total. The van der Waals surface area contributed by atoms with Crippen LogP contribution in [0.2, 0.25) is 0 Å². The maximum Gasteiger partial charge on any atom is 0.263 e. The Labute approximate surface area is 179 Å². The molecule has 3 aromatic heterocycles. The van der Waals surface area contributed by atoms with Crippen molar-refractivity contribution in [3.63, 3.8) is 0 Å². The van der Waals surface area contributed by atoms with E-state index in [9.17, 15) is 9.59 Å². The fourth-order valence-electron chi connectivity index (χ4n) is 3.41. The minimum absolute atomic E-state index is 0.0441. The van der Waals surface area contributed by atoms with E-state index >= 15 is 0 Å². The van der Waals surface area contributed by atoms with Gasteiger partial charge in [0, 0.05) is 17.6 Å². The summed E-state index contributed by atoms with van der Waals surface area (Å²) in [5, 5.41) is 14.4. The van der Waals surface area contributed by atoms with Crippen molar-refractivity contribution in [1.29, 1.82) is 0 Å². The Morgan fingerprint density at radius 3 is 2.93 bits per heavy atom. The topological polar surface area (TPSA) is 99.0 Å². The molecule has 0 radical (unpaired) electrons. The Balaban J connectivity index is 1.37. The highest BCUT2D eigenvalue weighted by molar-refractivity contribution is 7.17. The first-order chi connectivity index (χ1) is 14.7. The summed E-state index contributed by atoms with van der Waals surface area (Å²) in [5.74, 6) is -0.357. The fourth-order valence-corrected chi connectivity index (χ4v) is 5.16. The van der Waals surface area contributed by atoms with Crippen LogP contribution in [0.25, 0.3) is 21.3 Å². The fraction of sp³-hybridized carbons (Fsp3) is 0.250. The molecule has 4 aromatic rings. The van der Waals surface area contributed by atoms with E-state index < -0.39 is 0 Å². The summed E-state index contributed by atoms with van der Waals surface area (Å²) >= 11 is 2.71. The number of thiophene rings is 1. The monoisotopic (exact) mass is 439 g/mol. The Bertz CT molecular complexity index is 1260. The highest BCUT2D eigenvalue weighted by Crippen LogP contribution is 2.32. The molecule has 1 aliphatic heterocycles. The van der Waals surface area contributed by atoms with Crippen molar-refractivity contribution in [2.24, 2.45) is 0 Å². The Hall–Kier alpha value is -2.95. The second-order valence-corrected chi connectivity index (χ2v) is 8.74. The minimum atomic E-state index is -0.357. The number of amides is 1. The van der Waals surface area contributed by atoms with Gasteiger partial charge < -0.3 is 4.74 Å². The standard InChI is InChI=1S/C20H17N5O3S2/c26-15(22-20-24-23-17(30-20)14-7-4-8-28-14)9-25-11-21-18-16(19(25)27)13(10-29-18)12-5-2-1-3-6-12/h1-3,5-6,10-11,14H,4,7-9H2,(H,22,24,26). The zero-order valence-electron chi connectivity index (χ0n) is 15.8. The number of aromatic nitrogens is 4. The molecule has 10 heteroatoms. The number of carbonyl (C=O) groups is 1. The number of hydrogen-bond acceptors (Lipinski definition) is 8. The van der Waals surface area contributed by atoms with Crippen molar-refractivity contribution >= 4 is 43.9 Å². The molecule has 1 amide bonds. The van der Waals surface area contributed by atoms with Gasteiger partial charge in [0.25, 0.3) is 5.56 Å². The van der Waals surface area contributed by atoms with Crippen LogP contribution in [-0.4, -0.2) is 32.3 Å². The quantitative estimate of drug-likeness (QED) is 0.511. The Morgan fingerprint density at radius 1 is 1.27 bits per heavy atom. The van der Waals surface area contributed by atoms with Crippen molar-refractivity contribution in [2.75, 3.05) is 11.9 Å². The number of hydrogen-bond donors (Lipinski definition) is 1. The molecule has 1 unspecified atom stereocenters. The summed E-state index contributed by atoms with van der Waals surface area (Å²) in [7, 11) is 0. The summed E-state index contributed by atoms with van der Waals surface area (Å²) in [5.41, 5.74) is 1.53. The largest absolute Gasteiger partial charge is 0.371 e. The molecule has 30 heavy (non-hydrogen) atoms. The Kier molecular flexibility index (Phi) is 5.11. The SMILES string of the molecule is O=C(Cn1cnc2scc(-c3ccccc3)c2c1=O)Nc1nnc(C2CCCO2)s1. The van der Waals surface area contributed by atoms with E-state index in [0.717, 1.165) is 35.6 Å². The lowest BCUT2D eigenvalue weighted by Crippen LogP contribution is -2.27. The van der Waals surface area contributed by atoms with Crippen molar-refractivity contribution < 1.29 is 9.53 Å². The van der Waals surface area contributed by atoms with Gasteiger partial charge in [0.05, 0.1) is 11.7 Å². The van der Waals surface area contributed by atoms with Gasteiger partial charge >= 0.3 is 0 Å². The van der Waals surface area contributed by atoms with Crippen LogP contribution in [0.3, 0.4) is 0 Å². The molecule has 152 valence electrons. The first-order valence-electron chi connectivity index (χ1n) is 9.46. The van der Waals surface area contributed by atoms with Gasteiger partial charge in [-0.25, -0.2) is 4.98 Å². The first kappa shape index (κ1) is 19.0. The van der Waals surface area contributed by atoms with Crippen LogP contribution in [0.4, 0.5) is 5.13 Å². The van der Waals surface area contributed by atoms with Gasteiger partial charge in [0.1, 0.15) is 22.5 Å². The van der Waals surface area contributed by atoms with Crippen molar-refractivity contribution in [1.82, 2.24) is 19.7 Å². The van der Waals surface area contributed by atoms with Gasteiger partial charge in [-0.3, -0.25) is 19.5 Å². The summed E-state index contributed by atoms with van der Waals surface area (Å²) in [6.45, 7) is 0.568. The molecule has 0 bridgehead atoms. The maximum atomic E-state index is 13.1. The van der Waals surface area contributed by atoms with E-state index in [0.29, 0.717) is 15.3 Å². The smallest absolute Gasteiger partial charge is 0.263 e. The lowest BCUT2D eigenvalue weighted by molar-refractivity contribution is -0.116. The normalized spacial score (nSPS) is 16.2. The number of ether oxygens (including phenoxy) is 1. The molecule has 1 fully saturated rings. The van der Waals surface area contributed by atoms with Gasteiger partial charge in [-0.1, -0.05) is 41.7 Å². The molecule has 0 saturated carbocycles. The van der Waals surface area contributed by atoms with Crippen molar-refractivity contribution in [3.8, 4) is 11.1 Å². The second-order valence-electron chi connectivity index (χ2n) is 6.87. The van der Waals surface area contributed by atoms with Crippen molar-refractivity contribution in [2.45, 2.75) is 25.5 Å². The molecular formula is C20H17N5O3S2. The van der Waals surface area contributed by atoms with E-state index in [-0.39, 0.29) is 24.1 Å². The lowest BCUT2D eigenvalue weighted by atomic mass is 10.1. The summed E-state index contributed by atoms with van der Waals surface area (Å²) in [6.07, 6.45) is 3.27. The van der Waals surface area contributed by atoms with Crippen LogP contribution in [0.5, 0.6) is 0 Å². The molecule has 8 nitrogen and oxygen atoms in total. The minimum Gasteiger partial charge on any atom is -0.371 e. The van der Waals surface area contributed by atoms with Gasteiger partial charge in [-0.15, -0.1) is 21.5 Å². The lowest BCUT2D eigenvalue weighted by Gasteiger charge is -2.06. The predicted octanol–water partition coefficient (Wildman–Crippen LogP) is 3.47. The van der Waals surface area contributed by atoms with Gasteiger partial charge in [-0.05, 0) is 18.4 Å². The third-order valence-electron chi connectivity index (χ3n) is 4.85. The third-order valence-corrected chi connectivity index (χ3v) is 6.67. The van der Waals surface area contributed by atoms with Crippen LogP contribution in [0.1, 0.15) is 24.0 Å². The zero-order valence-corrected chi connectivity index (χ0v) is 17.4. The molecule has 1 aromatic carbocycles. The van der Waals surface area contributed by atoms with Crippen LogP contribution in [0.15, 0.2) is 46.8 Å². The molecular weight excluding hydrogens is 422 g/mol. The average Bonchev–Trinajstić information content (AvgIpc) is 3.51. The van der Waals surface area contributed by atoms with Gasteiger partial charge in [0.15, 0.2) is 0 Å². The molecule has 0 spiro atoms. The van der Waals surface area contributed by atoms with Crippen LogP contribution < -0.4 is 10.9 Å². The van der Waals surface area contributed by atoms with Gasteiger partial charge in [0.2, 0.25) is 11.0 Å². The van der Waals surface area contributed by atoms with E-state index in [1.54, 1.807) is 0 Å². The number of nitrogens with one attached hydrogen (secondary N) is 1. The van der Waals surface area contributed by atoms with E-state index in [1.807, 2.05) is 35.7 Å². The third kappa shape index (κ3) is 3.64. The Morgan fingerprint density at radius 2 is 2.13 bits per heavy atom. The summed E-state index contributed by atoms with van der Waals surface area (Å²) in [4.78, 5) is 30.6. The van der Waals surface area contributed by atoms with E-state index in [2.05, 4.69) is 20.5 Å². The highest BCUT2D eigenvalue weighted by Gasteiger charge is 2.22. The first-order valence-corrected chi connectivity index (χ1v) is 11.2. The van der Waals surface area contributed by atoms with Gasteiger partial charge in [-0.2, -0.15) is 0 Å². The van der Waals surface area contributed by atoms with Crippen LogP contribution >= 0.6 is 22.7 Å². The molecule has 5 rings (SSSR count). The molecule has 1 saturated heterocycles. The van der Waals surface area contributed by atoms with E-state index in [1.165, 1.54) is 33.6 Å². The van der Waals surface area contributed by atoms with E-state index in [4.69, 9.17) is 4.74 Å². The number of rotatable bonds is 5. The number of nitrogens with zero attached hydrogens (tertiary/aromatic N) is 4. The summed E-state index contributed by atoms with van der Waals surface area (Å²) < 4.78 is 6.91. The number of anilines is 1. The average molecular weight is 440 g/mol. The van der Waals surface area contributed by atoms with Crippen LogP contribution in [-0.2, 0) is 16.1 Å². The van der Waals surface area contributed by atoms with Crippen LogP contribution in [0, 0.1) is 0 Å². The highest BCUT2D eigenvalue weighted by atomic mass is 32.1. The van der Waals surface area contributed by atoms with Crippen molar-refractivity contribution in [3.05, 3.63) is 57.4 Å². The molecule has 1 aliphatic rings. The zero-order chi connectivity index (χ0) is 20.5. The predicted molar refractivity (Wildman–Crippen MR) is 116 cm³/mol. The molecule has 1 atom stereocenters. The molecule has 0 aliphatic carbocycles. The second kappa shape index (κ2) is 8.05.